The molecule has 0 aliphatic rings. The van der Waals surface area contributed by atoms with Crippen LogP contribution in [-0.4, -0.2) is 11.2 Å². The van der Waals surface area contributed by atoms with E-state index in [1.807, 2.05) is 6.92 Å². The van der Waals surface area contributed by atoms with E-state index in [4.69, 9.17) is 5.11 Å². The minimum Gasteiger partial charge on any atom is -0.393 e. The first kappa shape index (κ1) is 10.4. The molecule has 0 aromatic heterocycles. The van der Waals surface area contributed by atoms with Crippen LogP contribution in [0.2, 0.25) is 0 Å². The van der Waals surface area contributed by atoms with Gasteiger partial charge in [0, 0.05) is 44.1 Å². The summed E-state index contributed by atoms with van der Waals surface area (Å²) >= 11 is 0. The maximum atomic E-state index is 8.36. The van der Waals surface area contributed by atoms with Gasteiger partial charge < -0.3 is 5.11 Å². The van der Waals surface area contributed by atoms with Crippen LogP contribution in [0, 0.1) is 44.1 Å². The van der Waals surface area contributed by atoms with Crippen LogP contribution in [0.25, 0.3) is 0 Å². The molecule has 0 fully saturated rings. The Balaban J connectivity index is 0. The molecule has 1 nitrogen and oxygen atoms in total. The Morgan fingerprint density at radius 1 is 1.67 bits per heavy atom. The summed E-state index contributed by atoms with van der Waals surface area (Å²) in [4.78, 5) is 0. The Labute approximate surface area is 74.7 Å². The van der Waals surface area contributed by atoms with Crippen molar-refractivity contribution in [2.75, 3.05) is 0 Å². The van der Waals surface area contributed by atoms with Gasteiger partial charge in [-0.15, -0.1) is 0 Å². The summed E-state index contributed by atoms with van der Waals surface area (Å²) in [5, 5.41) is 8.36. The molecule has 0 spiro atoms. The minimum absolute atomic E-state index is 0. The van der Waals surface area contributed by atoms with Gasteiger partial charge in [-0.3, -0.25) is 0 Å². The van der Waals surface area contributed by atoms with Crippen molar-refractivity contribution in [3.05, 3.63) is 0 Å². The minimum atomic E-state index is -0.116. The molecule has 0 amide bonds. The molecule has 0 aromatic rings. The molecular formula is C4H10AcO. The van der Waals surface area contributed by atoms with E-state index in [1.165, 1.54) is 0 Å². The van der Waals surface area contributed by atoms with Gasteiger partial charge in [0.25, 0.3) is 0 Å². The quantitative estimate of drug-likeness (QED) is 0.759. The Bertz CT molecular complexity index is 21.5. The molecule has 6 heavy (non-hydrogen) atoms. The van der Waals surface area contributed by atoms with Gasteiger partial charge in [-0.2, -0.15) is 0 Å². The summed E-state index contributed by atoms with van der Waals surface area (Å²) in [6, 6.07) is 0. The normalized spacial score (nSPS) is 12.5. The smallest absolute Gasteiger partial charge is 0.0509 e. The Hall–Kier alpha value is 1.40. The van der Waals surface area contributed by atoms with Crippen molar-refractivity contribution in [3.8, 4) is 0 Å². The van der Waals surface area contributed by atoms with E-state index in [1.54, 1.807) is 6.92 Å². The van der Waals surface area contributed by atoms with E-state index in [-0.39, 0.29) is 50.2 Å². The summed E-state index contributed by atoms with van der Waals surface area (Å²) in [6.45, 7) is 3.73. The van der Waals surface area contributed by atoms with E-state index in [9.17, 15) is 0 Å². The fraction of sp³-hybridized carbons (Fsp3) is 1.00. The molecule has 0 rings (SSSR count). The fourth-order valence-corrected chi connectivity index (χ4v) is 0. The molecule has 0 saturated carbocycles. The van der Waals surface area contributed by atoms with E-state index in [2.05, 4.69) is 0 Å². The molecule has 35 valence electrons. The second kappa shape index (κ2) is 6.40. The second-order valence-corrected chi connectivity index (χ2v) is 1.26. The third-order valence-corrected chi connectivity index (χ3v) is 0.591. The zero-order valence-electron chi connectivity index (χ0n) is 4.31. The van der Waals surface area contributed by atoms with Gasteiger partial charge in [0.15, 0.2) is 0 Å². The third kappa shape index (κ3) is 9.04. The standard InChI is InChI=1S/C4H10O.Ac/c1-3-4(2)5;/h4-5H,3H2,1-2H3;. The zero-order valence-corrected chi connectivity index (χ0v) is 9.05. The average molecular weight is 301 g/mol. The van der Waals surface area contributed by atoms with Crippen LogP contribution >= 0.6 is 0 Å². The third-order valence-electron chi connectivity index (χ3n) is 0.591. The Kier molecular flexibility index (Phi) is 11.1. The van der Waals surface area contributed by atoms with Gasteiger partial charge in [-0.05, 0) is 13.3 Å². The molecule has 0 heterocycles. The first-order valence-electron chi connectivity index (χ1n) is 1.95. The average Bonchev–Trinajstić information content (AvgIpc) is 1.38. The summed E-state index contributed by atoms with van der Waals surface area (Å²) in [7, 11) is 0. The number of aliphatic hydroxyl groups excluding tert-OH is 1. The molecule has 0 saturated heterocycles. The van der Waals surface area contributed by atoms with Crippen molar-refractivity contribution < 1.29 is 49.2 Å². The predicted molar refractivity (Wildman–Crippen MR) is 22.0 cm³/mol. The molecular weight excluding hydrogens is 291 g/mol. The van der Waals surface area contributed by atoms with Crippen molar-refractivity contribution >= 4 is 0 Å². The van der Waals surface area contributed by atoms with Gasteiger partial charge >= 0.3 is 0 Å². The maximum absolute atomic E-state index is 8.36. The summed E-state index contributed by atoms with van der Waals surface area (Å²) in [5.74, 6) is 0. The summed E-state index contributed by atoms with van der Waals surface area (Å²) < 4.78 is 0. The maximum Gasteiger partial charge on any atom is 0.0509 e. The monoisotopic (exact) mass is 301 g/mol. The Morgan fingerprint density at radius 3 is 1.83 bits per heavy atom. The van der Waals surface area contributed by atoms with Crippen LogP contribution < -0.4 is 0 Å². The fourth-order valence-electron chi connectivity index (χ4n) is 0. The number of hydrogen-bond acceptors (Lipinski definition) is 1. The van der Waals surface area contributed by atoms with Gasteiger partial charge in [0.05, 0.1) is 6.10 Å². The van der Waals surface area contributed by atoms with Crippen LogP contribution in [0.4, 0.5) is 0 Å². The predicted octanol–water partition coefficient (Wildman–Crippen LogP) is 0.777. The van der Waals surface area contributed by atoms with Gasteiger partial charge in [0.1, 0.15) is 0 Å². The summed E-state index contributed by atoms with van der Waals surface area (Å²) in [5.41, 5.74) is 0. The van der Waals surface area contributed by atoms with E-state index in [0.717, 1.165) is 6.42 Å². The second-order valence-electron chi connectivity index (χ2n) is 1.26. The van der Waals surface area contributed by atoms with Crippen molar-refractivity contribution in [1.29, 1.82) is 0 Å². The Morgan fingerprint density at radius 2 is 1.83 bits per heavy atom. The van der Waals surface area contributed by atoms with Crippen LogP contribution in [0.5, 0.6) is 0 Å². The number of hydrogen-bond donors (Lipinski definition) is 1. The topological polar surface area (TPSA) is 20.2 Å². The van der Waals surface area contributed by atoms with Gasteiger partial charge in [-0.1, -0.05) is 6.92 Å². The van der Waals surface area contributed by atoms with E-state index in [0.29, 0.717) is 0 Å². The molecule has 1 N–H and O–H groups in total. The van der Waals surface area contributed by atoms with Crippen molar-refractivity contribution in [2.45, 2.75) is 26.4 Å². The summed E-state index contributed by atoms with van der Waals surface area (Å²) in [6.07, 6.45) is 0.745. The molecule has 1 radical (unpaired) electrons. The van der Waals surface area contributed by atoms with E-state index < -0.39 is 0 Å². The zero-order chi connectivity index (χ0) is 4.28. The van der Waals surface area contributed by atoms with Crippen molar-refractivity contribution in [1.82, 2.24) is 0 Å². The molecule has 0 aliphatic heterocycles. The van der Waals surface area contributed by atoms with Crippen molar-refractivity contribution in [2.24, 2.45) is 0 Å². The molecule has 0 aliphatic carbocycles. The van der Waals surface area contributed by atoms with Crippen LogP contribution in [0.1, 0.15) is 20.3 Å². The first-order chi connectivity index (χ1) is 2.27. The van der Waals surface area contributed by atoms with Crippen LogP contribution in [0.15, 0.2) is 0 Å². The molecule has 1 atom stereocenters. The molecule has 0 bridgehead atoms. The van der Waals surface area contributed by atoms with Crippen LogP contribution in [0.3, 0.4) is 0 Å². The van der Waals surface area contributed by atoms with Crippen LogP contribution in [-0.2, 0) is 0 Å². The largest absolute Gasteiger partial charge is 0.393 e. The van der Waals surface area contributed by atoms with Crippen molar-refractivity contribution in [3.63, 3.8) is 0 Å². The molecule has 2 heteroatoms. The van der Waals surface area contributed by atoms with E-state index >= 15 is 0 Å². The molecule has 0 aromatic carbocycles. The first-order valence-corrected chi connectivity index (χ1v) is 1.95. The van der Waals surface area contributed by atoms with Gasteiger partial charge in [-0.25, -0.2) is 0 Å². The number of aliphatic hydroxyl groups is 1. The molecule has 1 unspecified atom stereocenters. The SMILES string of the molecule is CCC(C)O.[Ac]. The van der Waals surface area contributed by atoms with Gasteiger partial charge in [0.2, 0.25) is 0 Å². The number of rotatable bonds is 1.